The van der Waals surface area contributed by atoms with Gasteiger partial charge >= 0.3 is 5.97 Å². The third-order valence-corrected chi connectivity index (χ3v) is 2.37. The molecule has 0 spiro atoms. The number of carbonyl (C=O) groups is 1. The molecule has 0 aliphatic rings. The van der Waals surface area contributed by atoms with Crippen molar-refractivity contribution in [2.75, 3.05) is 13.7 Å². The largest absolute Gasteiger partial charge is 0.469 e. The average Bonchev–Trinajstić information content (AvgIpc) is 2.13. The van der Waals surface area contributed by atoms with E-state index in [2.05, 4.69) is 30.8 Å². The maximum atomic E-state index is 11.1. The summed E-state index contributed by atoms with van der Waals surface area (Å²) in [5.41, 5.74) is 0.108. The van der Waals surface area contributed by atoms with E-state index in [-0.39, 0.29) is 17.4 Å². The summed E-state index contributed by atoms with van der Waals surface area (Å²) in [6.07, 6.45) is 2.26. The fourth-order valence-electron chi connectivity index (χ4n) is 1.43. The molecule has 0 amide bonds. The summed E-state index contributed by atoms with van der Waals surface area (Å²) in [5.74, 6) is -0.221. The van der Waals surface area contributed by atoms with Crippen molar-refractivity contribution < 1.29 is 9.53 Å². The Morgan fingerprint density at radius 1 is 1.50 bits per heavy atom. The van der Waals surface area contributed by atoms with Gasteiger partial charge in [-0.15, -0.1) is 0 Å². The van der Waals surface area contributed by atoms with Gasteiger partial charge in [-0.1, -0.05) is 20.3 Å². The minimum atomic E-state index is -0.148. The lowest BCUT2D eigenvalue weighted by atomic mass is 9.98. The van der Waals surface area contributed by atoms with Crippen molar-refractivity contribution in [3.63, 3.8) is 0 Å². The zero-order valence-electron chi connectivity index (χ0n) is 10.0. The van der Waals surface area contributed by atoms with Gasteiger partial charge in [0, 0.05) is 12.1 Å². The van der Waals surface area contributed by atoms with Crippen LogP contribution in [0.25, 0.3) is 0 Å². The van der Waals surface area contributed by atoms with Crippen LogP contribution in [0.1, 0.15) is 40.5 Å². The Labute approximate surface area is 87.2 Å². The highest BCUT2D eigenvalue weighted by Gasteiger charge is 2.19. The Hall–Kier alpha value is -0.570. The molecule has 0 aromatic carbocycles. The predicted octanol–water partition coefficient (Wildman–Crippen LogP) is 1.96. The van der Waals surface area contributed by atoms with Gasteiger partial charge in [0.2, 0.25) is 0 Å². The monoisotopic (exact) mass is 201 g/mol. The van der Waals surface area contributed by atoms with E-state index >= 15 is 0 Å². The molecule has 0 aliphatic heterocycles. The molecular formula is C11H23NO2. The standard InChI is InChI=1S/C11H23NO2/c1-6-7-11(3,4)12-8-9(2)10(13)14-5/h9,12H,6-8H2,1-5H3. The summed E-state index contributed by atoms with van der Waals surface area (Å²) >= 11 is 0. The van der Waals surface area contributed by atoms with Crippen molar-refractivity contribution in [3.8, 4) is 0 Å². The zero-order chi connectivity index (χ0) is 11.2. The van der Waals surface area contributed by atoms with Crippen LogP contribution in [0.15, 0.2) is 0 Å². The maximum absolute atomic E-state index is 11.1. The summed E-state index contributed by atoms with van der Waals surface area (Å²) < 4.78 is 4.66. The maximum Gasteiger partial charge on any atom is 0.309 e. The number of rotatable bonds is 6. The van der Waals surface area contributed by atoms with E-state index in [4.69, 9.17) is 0 Å². The van der Waals surface area contributed by atoms with E-state index in [0.717, 1.165) is 12.8 Å². The molecule has 0 aromatic heterocycles. The molecule has 1 atom stereocenters. The highest BCUT2D eigenvalue weighted by atomic mass is 16.5. The van der Waals surface area contributed by atoms with Crippen LogP contribution < -0.4 is 5.32 Å². The van der Waals surface area contributed by atoms with Gasteiger partial charge < -0.3 is 10.1 Å². The molecule has 1 N–H and O–H groups in total. The van der Waals surface area contributed by atoms with Gasteiger partial charge in [0.15, 0.2) is 0 Å². The first kappa shape index (κ1) is 13.4. The van der Waals surface area contributed by atoms with Crippen LogP contribution in [0.4, 0.5) is 0 Å². The third kappa shape index (κ3) is 5.22. The fraction of sp³-hybridized carbons (Fsp3) is 0.909. The first-order chi connectivity index (χ1) is 6.43. The Kier molecular flexibility index (Phi) is 5.77. The van der Waals surface area contributed by atoms with Gasteiger partial charge in [0.1, 0.15) is 0 Å². The molecule has 84 valence electrons. The van der Waals surface area contributed by atoms with Crippen LogP contribution in [0.5, 0.6) is 0 Å². The van der Waals surface area contributed by atoms with Gasteiger partial charge in [-0.3, -0.25) is 4.79 Å². The van der Waals surface area contributed by atoms with E-state index in [9.17, 15) is 4.79 Å². The number of methoxy groups -OCH3 is 1. The number of ether oxygens (including phenoxy) is 1. The molecule has 0 aromatic rings. The second kappa shape index (κ2) is 6.02. The SMILES string of the molecule is CCCC(C)(C)NCC(C)C(=O)OC. The molecule has 3 nitrogen and oxygen atoms in total. The van der Waals surface area contributed by atoms with Crippen LogP contribution >= 0.6 is 0 Å². The number of esters is 1. The lowest BCUT2D eigenvalue weighted by molar-refractivity contribution is -0.144. The fourth-order valence-corrected chi connectivity index (χ4v) is 1.43. The van der Waals surface area contributed by atoms with E-state index < -0.39 is 0 Å². The average molecular weight is 201 g/mol. The Bertz CT molecular complexity index is 178. The van der Waals surface area contributed by atoms with Crippen LogP contribution in [0.3, 0.4) is 0 Å². The smallest absolute Gasteiger partial charge is 0.309 e. The molecule has 0 radical (unpaired) electrons. The van der Waals surface area contributed by atoms with Crippen molar-refractivity contribution >= 4 is 5.97 Å². The Morgan fingerprint density at radius 3 is 2.50 bits per heavy atom. The topological polar surface area (TPSA) is 38.3 Å². The van der Waals surface area contributed by atoms with E-state index in [0.29, 0.717) is 6.54 Å². The third-order valence-electron chi connectivity index (χ3n) is 2.37. The molecule has 14 heavy (non-hydrogen) atoms. The summed E-state index contributed by atoms with van der Waals surface area (Å²) in [4.78, 5) is 11.1. The highest BCUT2D eigenvalue weighted by molar-refractivity contribution is 5.72. The van der Waals surface area contributed by atoms with Crippen LogP contribution in [-0.4, -0.2) is 25.2 Å². The van der Waals surface area contributed by atoms with Crippen LogP contribution in [0.2, 0.25) is 0 Å². The molecule has 0 aliphatic carbocycles. The molecule has 0 rings (SSSR count). The number of nitrogens with one attached hydrogen (secondary N) is 1. The van der Waals surface area contributed by atoms with E-state index in [1.165, 1.54) is 7.11 Å². The molecule has 0 saturated carbocycles. The zero-order valence-corrected chi connectivity index (χ0v) is 10.0. The van der Waals surface area contributed by atoms with E-state index in [1.807, 2.05) is 6.92 Å². The lowest BCUT2D eigenvalue weighted by Gasteiger charge is -2.27. The van der Waals surface area contributed by atoms with Gasteiger partial charge in [-0.05, 0) is 20.3 Å². The normalized spacial score (nSPS) is 13.8. The lowest BCUT2D eigenvalue weighted by Crippen LogP contribution is -2.42. The summed E-state index contributed by atoms with van der Waals surface area (Å²) in [7, 11) is 1.43. The van der Waals surface area contributed by atoms with Crippen molar-refractivity contribution in [1.29, 1.82) is 0 Å². The molecule has 0 fully saturated rings. The molecule has 1 unspecified atom stereocenters. The summed E-state index contributed by atoms with van der Waals surface area (Å²) in [6, 6.07) is 0. The summed E-state index contributed by atoms with van der Waals surface area (Å²) in [5, 5.41) is 3.37. The van der Waals surface area contributed by atoms with Gasteiger partial charge in [0.25, 0.3) is 0 Å². The van der Waals surface area contributed by atoms with Crippen molar-refractivity contribution in [1.82, 2.24) is 5.32 Å². The molecule has 0 saturated heterocycles. The van der Waals surface area contributed by atoms with Crippen molar-refractivity contribution in [2.45, 2.75) is 46.1 Å². The molecule has 0 bridgehead atoms. The second-order valence-corrected chi connectivity index (χ2v) is 4.44. The van der Waals surface area contributed by atoms with Crippen molar-refractivity contribution in [2.24, 2.45) is 5.92 Å². The second-order valence-electron chi connectivity index (χ2n) is 4.44. The molecule has 0 heterocycles. The molecular weight excluding hydrogens is 178 g/mol. The van der Waals surface area contributed by atoms with Crippen LogP contribution in [-0.2, 0) is 9.53 Å². The number of carbonyl (C=O) groups excluding carboxylic acids is 1. The molecule has 3 heteroatoms. The van der Waals surface area contributed by atoms with Crippen molar-refractivity contribution in [3.05, 3.63) is 0 Å². The quantitative estimate of drug-likeness (QED) is 0.668. The number of hydrogen-bond donors (Lipinski definition) is 1. The predicted molar refractivity (Wildman–Crippen MR) is 58.2 cm³/mol. The van der Waals surface area contributed by atoms with Crippen LogP contribution in [0, 0.1) is 5.92 Å². The van der Waals surface area contributed by atoms with Gasteiger partial charge in [-0.25, -0.2) is 0 Å². The summed E-state index contributed by atoms with van der Waals surface area (Å²) in [6.45, 7) is 9.02. The van der Waals surface area contributed by atoms with Gasteiger partial charge in [-0.2, -0.15) is 0 Å². The Balaban J connectivity index is 3.86. The minimum Gasteiger partial charge on any atom is -0.469 e. The van der Waals surface area contributed by atoms with E-state index in [1.54, 1.807) is 0 Å². The minimum absolute atomic E-state index is 0.0730. The first-order valence-corrected chi connectivity index (χ1v) is 5.25. The highest BCUT2D eigenvalue weighted by Crippen LogP contribution is 2.11. The number of hydrogen-bond acceptors (Lipinski definition) is 3. The van der Waals surface area contributed by atoms with Gasteiger partial charge in [0.05, 0.1) is 13.0 Å². The first-order valence-electron chi connectivity index (χ1n) is 5.25. The Morgan fingerprint density at radius 2 is 2.07 bits per heavy atom.